The van der Waals surface area contributed by atoms with Gasteiger partial charge in [-0.1, -0.05) is 54.2 Å². The van der Waals surface area contributed by atoms with E-state index in [0.29, 0.717) is 0 Å². The minimum atomic E-state index is 1.04. The van der Waals surface area contributed by atoms with Crippen molar-refractivity contribution in [1.29, 1.82) is 0 Å². The lowest BCUT2D eigenvalue weighted by atomic mass is 10.0. The van der Waals surface area contributed by atoms with Gasteiger partial charge in [0, 0.05) is 31.6 Å². The molecule has 0 fully saturated rings. The van der Waals surface area contributed by atoms with E-state index in [4.69, 9.17) is 0 Å². The quantitative estimate of drug-likeness (QED) is 0.404. The van der Waals surface area contributed by atoms with Gasteiger partial charge >= 0.3 is 0 Å². The van der Waals surface area contributed by atoms with Crippen LogP contribution in [0.15, 0.2) is 70.5 Å². The predicted molar refractivity (Wildman–Crippen MR) is 89.2 cm³/mol. The summed E-state index contributed by atoms with van der Waals surface area (Å²) in [6.45, 7) is 0. The fraction of sp³-hybridized carbons (Fsp3) is 0.0526. The first-order valence-corrected chi connectivity index (χ1v) is 8.00. The molecule has 0 atom stereocenters. The maximum atomic E-state index is 3.54. The molecule has 1 nitrogen and oxygen atoms in total. The molecule has 0 saturated carbocycles. The molecule has 100 valence electrons. The highest BCUT2D eigenvalue weighted by atomic mass is 32.2. The first-order valence-electron chi connectivity index (χ1n) is 7.18. The van der Waals surface area contributed by atoms with Gasteiger partial charge in [-0.05, 0) is 35.7 Å². The van der Waals surface area contributed by atoms with E-state index in [1.165, 1.54) is 42.7 Å². The first kappa shape index (κ1) is 11.5. The molecule has 1 aliphatic heterocycles. The van der Waals surface area contributed by atoms with Crippen LogP contribution in [-0.4, -0.2) is 4.98 Å². The third-order valence-electron chi connectivity index (χ3n) is 4.27. The molecule has 0 bridgehead atoms. The number of nitrogens with one attached hydrogen (secondary N) is 1. The third-order valence-corrected chi connectivity index (χ3v) is 5.56. The average molecular weight is 287 g/mol. The third kappa shape index (κ3) is 1.60. The number of hydrogen-bond donors (Lipinski definition) is 1. The van der Waals surface area contributed by atoms with Gasteiger partial charge in [0.25, 0.3) is 0 Å². The van der Waals surface area contributed by atoms with Crippen LogP contribution in [0.2, 0.25) is 0 Å². The second-order valence-electron chi connectivity index (χ2n) is 5.53. The zero-order chi connectivity index (χ0) is 13.8. The Morgan fingerprint density at radius 1 is 0.762 bits per heavy atom. The molecule has 2 heterocycles. The van der Waals surface area contributed by atoms with Crippen LogP contribution >= 0.6 is 11.8 Å². The molecule has 21 heavy (non-hydrogen) atoms. The molecule has 0 spiro atoms. The molecule has 3 aromatic carbocycles. The Morgan fingerprint density at radius 2 is 1.62 bits per heavy atom. The van der Waals surface area contributed by atoms with Crippen molar-refractivity contribution in [3.63, 3.8) is 0 Å². The standard InChI is InChI=1S/C19H13NS/c1-4-8-17-12(5-1)11-13-9-10-16-18(19(13)21-17)14-6-2-3-7-15(14)20-16/h1-10,20H,11H2. The maximum Gasteiger partial charge on any atom is 0.0476 e. The molecule has 2 heteroatoms. The smallest absolute Gasteiger partial charge is 0.0476 e. The van der Waals surface area contributed by atoms with Gasteiger partial charge in [-0.2, -0.15) is 0 Å². The van der Waals surface area contributed by atoms with Crippen molar-refractivity contribution in [3.05, 3.63) is 71.8 Å². The van der Waals surface area contributed by atoms with E-state index >= 15 is 0 Å². The number of rotatable bonds is 0. The highest BCUT2D eigenvalue weighted by Gasteiger charge is 2.19. The van der Waals surface area contributed by atoms with Crippen LogP contribution in [0.4, 0.5) is 0 Å². The van der Waals surface area contributed by atoms with Crippen LogP contribution in [0.1, 0.15) is 11.1 Å². The van der Waals surface area contributed by atoms with Gasteiger partial charge in [-0.25, -0.2) is 0 Å². The number of benzene rings is 3. The molecule has 4 aromatic rings. The normalized spacial score (nSPS) is 13.3. The van der Waals surface area contributed by atoms with Crippen molar-refractivity contribution < 1.29 is 0 Å². The van der Waals surface area contributed by atoms with Crippen molar-refractivity contribution in [2.45, 2.75) is 16.2 Å². The summed E-state index contributed by atoms with van der Waals surface area (Å²) in [5.74, 6) is 0. The Labute approximate surface area is 127 Å². The van der Waals surface area contributed by atoms with Gasteiger partial charge in [-0.15, -0.1) is 0 Å². The monoisotopic (exact) mass is 287 g/mol. The highest BCUT2D eigenvalue weighted by molar-refractivity contribution is 7.99. The van der Waals surface area contributed by atoms with Gasteiger partial charge in [0.05, 0.1) is 0 Å². The molecular formula is C19H13NS. The minimum absolute atomic E-state index is 1.04. The second-order valence-corrected chi connectivity index (χ2v) is 6.59. The molecule has 0 saturated heterocycles. The number of aromatic nitrogens is 1. The predicted octanol–water partition coefficient (Wildman–Crippen LogP) is 5.38. The molecule has 1 N–H and O–H groups in total. The van der Waals surface area contributed by atoms with Crippen LogP contribution in [0.3, 0.4) is 0 Å². The zero-order valence-electron chi connectivity index (χ0n) is 11.4. The lowest BCUT2D eigenvalue weighted by Crippen LogP contribution is -1.99. The highest BCUT2D eigenvalue weighted by Crippen LogP contribution is 2.45. The number of aromatic amines is 1. The Morgan fingerprint density at radius 3 is 2.62 bits per heavy atom. The van der Waals surface area contributed by atoms with E-state index in [0.717, 1.165) is 6.42 Å². The summed E-state index contributed by atoms with van der Waals surface area (Å²) in [4.78, 5) is 6.35. The van der Waals surface area contributed by atoms with Crippen molar-refractivity contribution in [2.24, 2.45) is 0 Å². The van der Waals surface area contributed by atoms with Crippen LogP contribution in [0.25, 0.3) is 21.8 Å². The molecule has 1 aromatic heterocycles. The number of H-pyrrole nitrogens is 1. The van der Waals surface area contributed by atoms with E-state index in [1.54, 1.807) is 0 Å². The molecule has 0 aliphatic carbocycles. The lowest BCUT2D eigenvalue weighted by Gasteiger charge is -2.19. The van der Waals surface area contributed by atoms with Crippen LogP contribution < -0.4 is 0 Å². The van der Waals surface area contributed by atoms with E-state index < -0.39 is 0 Å². The fourth-order valence-corrected chi connectivity index (χ4v) is 4.50. The Kier molecular flexibility index (Phi) is 2.27. The largest absolute Gasteiger partial charge is 0.354 e. The maximum absolute atomic E-state index is 3.54. The van der Waals surface area contributed by atoms with Crippen LogP contribution in [-0.2, 0) is 6.42 Å². The van der Waals surface area contributed by atoms with E-state index in [2.05, 4.69) is 65.6 Å². The topological polar surface area (TPSA) is 15.8 Å². The molecule has 1 aliphatic rings. The molecule has 5 rings (SSSR count). The Hall–Kier alpha value is -2.19. The van der Waals surface area contributed by atoms with Crippen LogP contribution in [0.5, 0.6) is 0 Å². The molecular weight excluding hydrogens is 274 g/mol. The number of para-hydroxylation sites is 1. The summed E-state index contributed by atoms with van der Waals surface area (Å²) in [5, 5.41) is 2.71. The van der Waals surface area contributed by atoms with Gasteiger partial charge in [0.15, 0.2) is 0 Å². The summed E-state index contributed by atoms with van der Waals surface area (Å²) in [6.07, 6.45) is 1.04. The molecule has 0 radical (unpaired) electrons. The minimum Gasteiger partial charge on any atom is -0.354 e. The first-order chi connectivity index (χ1) is 10.4. The van der Waals surface area contributed by atoms with E-state index in [1.807, 2.05) is 11.8 Å². The van der Waals surface area contributed by atoms with Gasteiger partial charge in [0.1, 0.15) is 0 Å². The molecule has 0 unspecified atom stereocenters. The van der Waals surface area contributed by atoms with Gasteiger partial charge in [-0.3, -0.25) is 0 Å². The molecule has 0 amide bonds. The Bertz CT molecular complexity index is 997. The van der Waals surface area contributed by atoms with E-state index in [-0.39, 0.29) is 0 Å². The fourth-order valence-electron chi connectivity index (χ4n) is 3.27. The van der Waals surface area contributed by atoms with E-state index in [9.17, 15) is 0 Å². The summed E-state index contributed by atoms with van der Waals surface area (Å²) in [5.41, 5.74) is 5.34. The Balaban J connectivity index is 1.86. The SMILES string of the molecule is c1ccc2c(c1)Cc1ccc3[nH]c4ccccc4c3c1S2. The number of hydrogen-bond acceptors (Lipinski definition) is 1. The number of fused-ring (bicyclic) bond motifs is 6. The van der Waals surface area contributed by atoms with Gasteiger partial charge in [0.2, 0.25) is 0 Å². The average Bonchev–Trinajstić information content (AvgIpc) is 2.92. The zero-order valence-corrected chi connectivity index (χ0v) is 12.2. The van der Waals surface area contributed by atoms with Crippen molar-refractivity contribution in [1.82, 2.24) is 4.98 Å². The van der Waals surface area contributed by atoms with Crippen molar-refractivity contribution >= 4 is 33.6 Å². The van der Waals surface area contributed by atoms with Crippen molar-refractivity contribution in [3.8, 4) is 0 Å². The van der Waals surface area contributed by atoms with Crippen molar-refractivity contribution in [2.75, 3.05) is 0 Å². The summed E-state index contributed by atoms with van der Waals surface area (Å²) >= 11 is 1.91. The summed E-state index contributed by atoms with van der Waals surface area (Å²) in [6, 6.07) is 21.8. The lowest BCUT2D eigenvalue weighted by molar-refractivity contribution is 1.07. The summed E-state index contributed by atoms with van der Waals surface area (Å²) in [7, 11) is 0. The van der Waals surface area contributed by atoms with Gasteiger partial charge < -0.3 is 4.98 Å². The second kappa shape index (κ2) is 4.15. The summed E-state index contributed by atoms with van der Waals surface area (Å²) < 4.78 is 0. The van der Waals surface area contributed by atoms with Crippen LogP contribution in [0, 0.1) is 0 Å².